The summed E-state index contributed by atoms with van der Waals surface area (Å²) in [6, 6.07) is 4.47. The fourth-order valence-electron chi connectivity index (χ4n) is 2.36. The Hall–Kier alpha value is -1.86. The van der Waals surface area contributed by atoms with Crippen molar-refractivity contribution in [3.8, 4) is 0 Å². The number of piperidine rings is 1. The van der Waals surface area contributed by atoms with E-state index < -0.39 is 10.9 Å². The standard InChI is InChI=1S/C13H15ClN2O5/c14-9-1-2-11(16(19)20)12(7-9)15-5-3-10(4-6-15)21-8-13(17)18/h1-2,7,10H,3-6,8H2,(H,17,18). The van der Waals surface area contributed by atoms with Crippen LogP contribution in [0.15, 0.2) is 18.2 Å². The Bertz CT molecular complexity index is 543. The highest BCUT2D eigenvalue weighted by Gasteiger charge is 2.25. The molecule has 2 rings (SSSR count). The first-order valence-corrected chi connectivity index (χ1v) is 6.87. The first-order valence-electron chi connectivity index (χ1n) is 6.49. The number of carboxylic acid groups (broad SMARTS) is 1. The van der Waals surface area contributed by atoms with Crippen LogP contribution >= 0.6 is 11.6 Å². The molecule has 1 heterocycles. The fraction of sp³-hybridized carbons (Fsp3) is 0.462. The van der Waals surface area contributed by atoms with Crippen molar-refractivity contribution in [3.05, 3.63) is 33.3 Å². The Labute approximate surface area is 126 Å². The second-order valence-electron chi connectivity index (χ2n) is 4.78. The largest absolute Gasteiger partial charge is 0.480 e. The smallest absolute Gasteiger partial charge is 0.329 e. The summed E-state index contributed by atoms with van der Waals surface area (Å²) in [7, 11) is 0. The molecule has 1 aliphatic heterocycles. The molecule has 7 nitrogen and oxygen atoms in total. The van der Waals surface area contributed by atoms with Gasteiger partial charge in [0.05, 0.1) is 11.0 Å². The maximum absolute atomic E-state index is 11.1. The minimum absolute atomic E-state index is 0.0179. The van der Waals surface area contributed by atoms with Crippen LogP contribution in [0, 0.1) is 10.1 Å². The van der Waals surface area contributed by atoms with Crippen molar-refractivity contribution in [1.82, 2.24) is 0 Å². The van der Waals surface area contributed by atoms with E-state index in [0.29, 0.717) is 36.6 Å². The van der Waals surface area contributed by atoms with Crippen LogP contribution in [-0.2, 0) is 9.53 Å². The van der Waals surface area contributed by atoms with Crippen LogP contribution < -0.4 is 4.90 Å². The van der Waals surface area contributed by atoms with Gasteiger partial charge in [-0.15, -0.1) is 0 Å². The van der Waals surface area contributed by atoms with E-state index >= 15 is 0 Å². The number of halogens is 1. The molecule has 0 amide bonds. The SMILES string of the molecule is O=C(O)COC1CCN(c2cc(Cl)ccc2[N+](=O)[O-])CC1. The molecule has 0 aliphatic carbocycles. The average Bonchev–Trinajstić information content (AvgIpc) is 2.45. The van der Waals surface area contributed by atoms with E-state index in [1.54, 1.807) is 6.07 Å². The summed E-state index contributed by atoms with van der Waals surface area (Å²) in [6.45, 7) is 0.804. The zero-order valence-corrected chi connectivity index (χ0v) is 12.0. The minimum atomic E-state index is -0.997. The van der Waals surface area contributed by atoms with Crippen LogP contribution in [0.25, 0.3) is 0 Å². The highest BCUT2D eigenvalue weighted by molar-refractivity contribution is 6.31. The molecule has 0 radical (unpaired) electrons. The predicted octanol–water partition coefficient (Wildman–Crippen LogP) is 2.32. The number of rotatable bonds is 5. The van der Waals surface area contributed by atoms with Gasteiger partial charge in [-0.05, 0) is 25.0 Å². The molecular formula is C13H15ClN2O5. The lowest BCUT2D eigenvalue weighted by Gasteiger charge is -2.33. The lowest BCUT2D eigenvalue weighted by molar-refractivity contribution is -0.384. The molecule has 0 spiro atoms. The Morgan fingerprint density at radius 2 is 2.14 bits per heavy atom. The van der Waals surface area contributed by atoms with Crippen LogP contribution in [0.4, 0.5) is 11.4 Å². The van der Waals surface area contributed by atoms with E-state index in [2.05, 4.69) is 0 Å². The molecule has 1 aliphatic rings. The second kappa shape index (κ2) is 6.73. The van der Waals surface area contributed by atoms with Crippen LogP contribution in [0.1, 0.15) is 12.8 Å². The molecule has 21 heavy (non-hydrogen) atoms. The summed E-state index contributed by atoms with van der Waals surface area (Å²) in [6.07, 6.45) is 1.11. The van der Waals surface area contributed by atoms with Crippen molar-refractivity contribution in [2.24, 2.45) is 0 Å². The highest BCUT2D eigenvalue weighted by atomic mass is 35.5. The van der Waals surface area contributed by atoms with Gasteiger partial charge in [-0.1, -0.05) is 11.6 Å². The summed E-state index contributed by atoms with van der Waals surface area (Å²) >= 11 is 5.91. The van der Waals surface area contributed by atoms with Gasteiger partial charge >= 0.3 is 5.97 Å². The summed E-state index contributed by atoms with van der Waals surface area (Å²) in [5.41, 5.74) is 0.508. The lowest BCUT2D eigenvalue weighted by Crippen LogP contribution is -2.38. The molecule has 0 aromatic heterocycles. The fourth-order valence-corrected chi connectivity index (χ4v) is 2.52. The predicted molar refractivity (Wildman–Crippen MR) is 76.9 cm³/mol. The van der Waals surface area contributed by atoms with Crippen molar-refractivity contribution in [2.75, 3.05) is 24.6 Å². The molecular weight excluding hydrogens is 300 g/mol. The molecule has 8 heteroatoms. The second-order valence-corrected chi connectivity index (χ2v) is 5.22. The van der Waals surface area contributed by atoms with E-state index in [1.807, 2.05) is 4.90 Å². The monoisotopic (exact) mass is 314 g/mol. The number of anilines is 1. The molecule has 1 aromatic rings. The van der Waals surface area contributed by atoms with Gasteiger partial charge in [-0.25, -0.2) is 4.79 Å². The summed E-state index contributed by atoms with van der Waals surface area (Å²) < 4.78 is 5.24. The van der Waals surface area contributed by atoms with Gasteiger partial charge in [-0.2, -0.15) is 0 Å². The number of hydrogen-bond donors (Lipinski definition) is 1. The van der Waals surface area contributed by atoms with Gasteiger partial charge in [-0.3, -0.25) is 10.1 Å². The Morgan fingerprint density at radius 1 is 1.48 bits per heavy atom. The van der Waals surface area contributed by atoms with E-state index in [-0.39, 0.29) is 18.4 Å². The van der Waals surface area contributed by atoms with Crippen molar-refractivity contribution < 1.29 is 19.6 Å². The number of aliphatic carboxylic acids is 1. The third kappa shape index (κ3) is 4.05. The van der Waals surface area contributed by atoms with Gasteiger partial charge in [0.1, 0.15) is 12.3 Å². The Morgan fingerprint density at radius 3 is 2.71 bits per heavy atom. The minimum Gasteiger partial charge on any atom is -0.480 e. The van der Waals surface area contributed by atoms with E-state index in [0.717, 1.165) is 0 Å². The van der Waals surface area contributed by atoms with Crippen molar-refractivity contribution in [3.63, 3.8) is 0 Å². The quantitative estimate of drug-likeness (QED) is 0.662. The lowest BCUT2D eigenvalue weighted by atomic mass is 10.1. The number of ether oxygens (including phenoxy) is 1. The average molecular weight is 315 g/mol. The molecule has 0 atom stereocenters. The third-order valence-electron chi connectivity index (χ3n) is 3.36. The Kier molecular flexibility index (Phi) is 4.98. The third-order valence-corrected chi connectivity index (χ3v) is 3.59. The first kappa shape index (κ1) is 15.5. The van der Waals surface area contributed by atoms with Crippen molar-refractivity contribution >= 4 is 28.9 Å². The number of carbonyl (C=O) groups is 1. The zero-order valence-electron chi connectivity index (χ0n) is 11.2. The normalized spacial score (nSPS) is 16.0. The number of hydrogen-bond acceptors (Lipinski definition) is 5. The number of carboxylic acids is 1. The molecule has 1 aromatic carbocycles. The number of nitrogens with zero attached hydrogens (tertiary/aromatic N) is 2. The van der Waals surface area contributed by atoms with Crippen LogP contribution in [-0.4, -0.2) is 41.8 Å². The molecule has 1 fully saturated rings. The van der Waals surface area contributed by atoms with Crippen LogP contribution in [0.2, 0.25) is 5.02 Å². The van der Waals surface area contributed by atoms with Crippen molar-refractivity contribution in [1.29, 1.82) is 0 Å². The van der Waals surface area contributed by atoms with Crippen LogP contribution in [0.3, 0.4) is 0 Å². The maximum atomic E-state index is 11.1. The molecule has 114 valence electrons. The van der Waals surface area contributed by atoms with E-state index in [1.165, 1.54) is 12.1 Å². The first-order chi connectivity index (χ1) is 9.97. The van der Waals surface area contributed by atoms with Gasteiger partial charge in [0.2, 0.25) is 0 Å². The van der Waals surface area contributed by atoms with Gasteiger partial charge in [0.15, 0.2) is 0 Å². The van der Waals surface area contributed by atoms with Crippen molar-refractivity contribution in [2.45, 2.75) is 18.9 Å². The molecule has 0 bridgehead atoms. The summed E-state index contributed by atoms with van der Waals surface area (Å²) in [5, 5.41) is 20.1. The molecule has 0 saturated carbocycles. The van der Waals surface area contributed by atoms with Gasteiger partial charge < -0.3 is 14.7 Å². The Balaban J connectivity index is 2.03. The maximum Gasteiger partial charge on any atom is 0.329 e. The van der Waals surface area contributed by atoms with E-state index in [9.17, 15) is 14.9 Å². The topological polar surface area (TPSA) is 92.9 Å². The van der Waals surface area contributed by atoms with E-state index in [4.69, 9.17) is 21.4 Å². The zero-order chi connectivity index (χ0) is 15.4. The molecule has 1 N–H and O–H groups in total. The number of benzene rings is 1. The van der Waals surface area contributed by atoms with Crippen LogP contribution in [0.5, 0.6) is 0 Å². The van der Waals surface area contributed by atoms with Gasteiger partial charge in [0, 0.05) is 24.2 Å². The van der Waals surface area contributed by atoms with Gasteiger partial charge in [0.25, 0.3) is 5.69 Å². The number of nitro benzene ring substituents is 1. The summed E-state index contributed by atoms with van der Waals surface area (Å²) in [5.74, 6) is -0.997. The molecule has 0 unspecified atom stereocenters. The number of nitro groups is 1. The molecule has 1 saturated heterocycles. The highest BCUT2D eigenvalue weighted by Crippen LogP contribution is 2.33. The summed E-state index contributed by atoms with van der Waals surface area (Å²) in [4.78, 5) is 23.0.